The van der Waals surface area contributed by atoms with Crippen LogP contribution in [0.1, 0.15) is 349 Å². The Balaban J connectivity index is 5.33. The molecule has 0 amide bonds. The summed E-state index contributed by atoms with van der Waals surface area (Å²) >= 11 is 0. The fourth-order valence-corrected chi connectivity index (χ4v) is 12.5. The molecule has 102 heavy (non-hydrogen) atoms. The lowest BCUT2D eigenvalue weighted by Gasteiger charge is -2.21. The van der Waals surface area contributed by atoms with Crippen LogP contribution in [0.3, 0.4) is 0 Å². The van der Waals surface area contributed by atoms with Crippen LogP contribution in [0.25, 0.3) is 0 Å². The molecule has 3 N–H and O–H groups in total. The van der Waals surface area contributed by atoms with E-state index in [0.717, 1.165) is 186 Å². The summed E-state index contributed by atoms with van der Waals surface area (Å²) in [7, 11) is -9.96. The predicted molar refractivity (Wildman–Crippen MR) is 418 cm³/mol. The Hall–Kier alpha value is -4.02. The van der Waals surface area contributed by atoms with Crippen molar-refractivity contribution < 1.29 is 80.2 Å². The predicted octanol–water partition coefficient (Wildman–Crippen LogP) is 23.6. The first kappa shape index (κ1) is 98.0. The summed E-state index contributed by atoms with van der Waals surface area (Å²) in [4.78, 5) is 73.0. The molecule has 5 atom stereocenters. The summed E-state index contributed by atoms with van der Waals surface area (Å²) in [5, 5.41) is 10.6. The number of rotatable bonds is 76. The standard InChI is InChI=1S/C83H146O17P2/c1-5-9-13-17-21-25-29-32-35-37-38-40-42-45-49-52-56-60-64-68-81(86)94-74-79(100-83(88)70-66-62-58-54-50-46-43-39-36-33-30-26-22-18-14-10-6-2)76-98-102(91,92)96-72-77(84)71-95-101(89,90)97-75-78(99-82(87)69-65-61-57-53-47-28-24-20-16-12-8-4)73-93-80(85)67-63-59-55-51-48-44-41-34-31-27-23-19-15-11-7-3/h9-10,13-14,20-22,24-26,32-33,35-36,38,40,77-79,84H,5-8,11-12,15-19,23,27-31,34,37,39,41-76H2,1-4H3,(H,89,90)(H,91,92)/b13-9-,14-10-,24-20-,25-21-,26-22-,35-32-,36-33-,40-38-. The molecule has 0 saturated heterocycles. The summed E-state index contributed by atoms with van der Waals surface area (Å²) in [6.45, 7) is 4.63. The lowest BCUT2D eigenvalue weighted by molar-refractivity contribution is -0.161. The first-order chi connectivity index (χ1) is 49.7. The second kappa shape index (κ2) is 75.2. The second-order valence-electron chi connectivity index (χ2n) is 27.0. The van der Waals surface area contributed by atoms with Crippen LogP contribution in [-0.4, -0.2) is 96.7 Å². The van der Waals surface area contributed by atoms with Crippen molar-refractivity contribution in [3.05, 3.63) is 97.2 Å². The van der Waals surface area contributed by atoms with Gasteiger partial charge in [0.2, 0.25) is 0 Å². The summed E-state index contributed by atoms with van der Waals surface area (Å²) in [5.74, 6) is -2.19. The number of esters is 4. The molecule has 0 aliphatic heterocycles. The van der Waals surface area contributed by atoms with E-state index < -0.39 is 97.5 Å². The minimum absolute atomic E-state index is 0.0802. The molecule has 0 aliphatic carbocycles. The number of ether oxygens (including phenoxy) is 4. The zero-order chi connectivity index (χ0) is 74.6. The smallest absolute Gasteiger partial charge is 0.462 e. The summed E-state index contributed by atoms with van der Waals surface area (Å²) < 4.78 is 68.6. The summed E-state index contributed by atoms with van der Waals surface area (Å²) in [5.41, 5.74) is 0. The number of unbranched alkanes of at least 4 members (excludes halogenated alkanes) is 34. The van der Waals surface area contributed by atoms with Gasteiger partial charge >= 0.3 is 39.5 Å². The molecule has 0 rings (SSSR count). The number of aliphatic hydroxyl groups excluding tert-OH is 1. The highest BCUT2D eigenvalue weighted by molar-refractivity contribution is 7.47. The normalized spacial score (nSPS) is 14.4. The van der Waals surface area contributed by atoms with Crippen molar-refractivity contribution in [1.29, 1.82) is 0 Å². The number of allylic oxidation sites excluding steroid dienone is 16. The van der Waals surface area contributed by atoms with Crippen molar-refractivity contribution in [3.63, 3.8) is 0 Å². The minimum Gasteiger partial charge on any atom is -0.462 e. The van der Waals surface area contributed by atoms with E-state index >= 15 is 0 Å². The maximum absolute atomic E-state index is 13.1. The number of carbonyl (C=O) groups is 4. The Labute approximate surface area is 620 Å². The van der Waals surface area contributed by atoms with Gasteiger partial charge in [0.25, 0.3) is 0 Å². The van der Waals surface area contributed by atoms with Crippen molar-refractivity contribution in [3.8, 4) is 0 Å². The number of hydrogen-bond donors (Lipinski definition) is 3. The highest BCUT2D eigenvalue weighted by Gasteiger charge is 2.30. The van der Waals surface area contributed by atoms with Crippen LogP contribution >= 0.6 is 15.6 Å². The largest absolute Gasteiger partial charge is 0.472 e. The van der Waals surface area contributed by atoms with Crippen LogP contribution in [0, 0.1) is 0 Å². The molecule has 0 aromatic rings. The minimum atomic E-state index is -4.98. The maximum atomic E-state index is 13.1. The zero-order valence-corrected chi connectivity index (χ0v) is 66.3. The first-order valence-corrected chi connectivity index (χ1v) is 43.5. The Bertz CT molecular complexity index is 2310. The molecule has 0 saturated carbocycles. The fraction of sp³-hybridized carbons (Fsp3) is 0.759. The first-order valence-electron chi connectivity index (χ1n) is 40.5. The highest BCUT2D eigenvalue weighted by atomic mass is 31.2. The quantitative estimate of drug-likeness (QED) is 0.0169. The third kappa shape index (κ3) is 74.3. The van der Waals surface area contributed by atoms with E-state index in [1.807, 2.05) is 0 Å². The van der Waals surface area contributed by atoms with Crippen molar-refractivity contribution in [2.24, 2.45) is 0 Å². The third-order valence-corrected chi connectivity index (χ3v) is 18.9. The SMILES string of the molecule is CC/C=C\C/C=C\C/C=C\C/C=C\CCCCCCCCC(=O)OCC(COP(=O)(O)OCC(O)COP(=O)(O)OCC(COC(=O)CCCCCCCCCCCCCCCCC)OC(=O)CCCCCCC/C=C\CCCC)OC(=O)CCCCCCCCC/C=C\C/C=C\C/C=C\CC. The van der Waals surface area contributed by atoms with Crippen LogP contribution in [0.2, 0.25) is 0 Å². The van der Waals surface area contributed by atoms with Gasteiger partial charge in [-0.25, -0.2) is 9.13 Å². The van der Waals surface area contributed by atoms with Crippen molar-refractivity contribution in [2.45, 2.75) is 367 Å². The molecule has 590 valence electrons. The Morgan fingerprint density at radius 1 is 0.284 bits per heavy atom. The van der Waals surface area contributed by atoms with Gasteiger partial charge in [-0.3, -0.25) is 37.3 Å². The van der Waals surface area contributed by atoms with Gasteiger partial charge in [0.05, 0.1) is 26.4 Å². The van der Waals surface area contributed by atoms with E-state index in [0.29, 0.717) is 25.7 Å². The topological polar surface area (TPSA) is 237 Å². The maximum Gasteiger partial charge on any atom is 0.472 e. The van der Waals surface area contributed by atoms with Gasteiger partial charge in [0, 0.05) is 25.7 Å². The highest BCUT2D eigenvalue weighted by Crippen LogP contribution is 2.45. The molecule has 0 aliphatic rings. The average molecular weight is 1480 g/mol. The number of aliphatic hydroxyl groups is 1. The molecule has 0 heterocycles. The van der Waals surface area contributed by atoms with Gasteiger partial charge in [-0.2, -0.15) is 0 Å². The van der Waals surface area contributed by atoms with Gasteiger partial charge in [0.1, 0.15) is 19.3 Å². The molecule has 0 aromatic heterocycles. The number of phosphoric ester groups is 2. The summed E-state index contributed by atoms with van der Waals surface area (Å²) in [6, 6.07) is 0. The zero-order valence-electron chi connectivity index (χ0n) is 64.5. The van der Waals surface area contributed by atoms with Gasteiger partial charge in [-0.05, 0) is 116 Å². The second-order valence-corrected chi connectivity index (χ2v) is 29.9. The van der Waals surface area contributed by atoms with Gasteiger partial charge in [-0.15, -0.1) is 0 Å². The molecular formula is C83H146O17P2. The van der Waals surface area contributed by atoms with Crippen LogP contribution in [-0.2, 0) is 65.4 Å². The van der Waals surface area contributed by atoms with Crippen LogP contribution in [0.4, 0.5) is 0 Å². The van der Waals surface area contributed by atoms with Crippen molar-refractivity contribution >= 4 is 39.5 Å². The molecule has 19 heteroatoms. The number of carbonyl (C=O) groups excluding carboxylic acids is 4. The monoisotopic (exact) mass is 1480 g/mol. The Morgan fingerprint density at radius 3 is 0.824 bits per heavy atom. The van der Waals surface area contributed by atoms with E-state index in [1.165, 1.54) is 83.5 Å². The van der Waals surface area contributed by atoms with Crippen molar-refractivity contribution in [1.82, 2.24) is 0 Å². The molecular weight excluding hydrogens is 1330 g/mol. The molecule has 0 radical (unpaired) electrons. The van der Waals surface area contributed by atoms with E-state index in [9.17, 15) is 43.2 Å². The van der Waals surface area contributed by atoms with E-state index in [1.54, 1.807) is 0 Å². The number of phosphoric acid groups is 2. The van der Waals surface area contributed by atoms with E-state index in [4.69, 9.17) is 37.0 Å². The van der Waals surface area contributed by atoms with Gasteiger partial charge < -0.3 is 33.8 Å². The third-order valence-electron chi connectivity index (χ3n) is 17.0. The van der Waals surface area contributed by atoms with Crippen LogP contribution < -0.4 is 0 Å². The van der Waals surface area contributed by atoms with E-state index in [-0.39, 0.29) is 25.7 Å². The van der Waals surface area contributed by atoms with Gasteiger partial charge in [-0.1, -0.05) is 305 Å². The van der Waals surface area contributed by atoms with E-state index in [2.05, 4.69) is 125 Å². The molecule has 0 aromatic carbocycles. The van der Waals surface area contributed by atoms with Crippen molar-refractivity contribution in [2.75, 3.05) is 39.6 Å². The lowest BCUT2D eigenvalue weighted by atomic mass is 10.0. The molecule has 0 spiro atoms. The van der Waals surface area contributed by atoms with Crippen LogP contribution in [0.5, 0.6) is 0 Å². The Kier molecular flexibility index (Phi) is 72.3. The Morgan fingerprint density at radius 2 is 0.520 bits per heavy atom. The lowest BCUT2D eigenvalue weighted by Crippen LogP contribution is -2.30. The molecule has 0 bridgehead atoms. The molecule has 5 unspecified atom stereocenters. The number of hydrogen-bond acceptors (Lipinski definition) is 15. The molecule has 17 nitrogen and oxygen atoms in total. The fourth-order valence-electron chi connectivity index (χ4n) is 10.9. The molecule has 0 fully saturated rings. The van der Waals surface area contributed by atoms with Crippen LogP contribution in [0.15, 0.2) is 97.2 Å². The average Bonchev–Trinajstić information content (AvgIpc) is 0.921. The van der Waals surface area contributed by atoms with Gasteiger partial charge in [0.15, 0.2) is 12.2 Å². The summed E-state index contributed by atoms with van der Waals surface area (Å²) in [6.07, 6.45) is 79.5.